The van der Waals surface area contributed by atoms with Crippen molar-refractivity contribution < 1.29 is 14.4 Å². The van der Waals surface area contributed by atoms with Gasteiger partial charge in [0.25, 0.3) is 0 Å². The van der Waals surface area contributed by atoms with E-state index in [1.807, 2.05) is 4.90 Å². The monoisotopic (exact) mass is 302 g/mol. The first-order chi connectivity index (χ1) is 9.52. The largest absolute Gasteiger partial charge is 0.358 e. The number of piperazine rings is 1. The first kappa shape index (κ1) is 16.8. The Morgan fingerprint density at radius 1 is 1.25 bits per heavy atom. The average molecular weight is 302 g/mol. The minimum atomic E-state index is -0.0845. The minimum Gasteiger partial charge on any atom is -0.358 e. The molecule has 20 heavy (non-hydrogen) atoms. The second kappa shape index (κ2) is 8.80. The highest BCUT2D eigenvalue weighted by Crippen LogP contribution is 2.00. The average Bonchev–Trinajstić information content (AvgIpc) is 2.42. The number of carbonyl (C=O) groups excluding carboxylic acids is 3. The van der Waals surface area contributed by atoms with E-state index >= 15 is 0 Å². The van der Waals surface area contributed by atoms with Gasteiger partial charge in [0.15, 0.2) is 0 Å². The van der Waals surface area contributed by atoms with Gasteiger partial charge in [-0.25, -0.2) is 0 Å². The number of thioether (sulfide) groups is 1. The van der Waals surface area contributed by atoms with Gasteiger partial charge in [-0.15, -0.1) is 11.8 Å². The van der Waals surface area contributed by atoms with Crippen molar-refractivity contribution in [1.29, 1.82) is 0 Å². The Hall–Kier alpha value is -1.28. The number of amides is 3. The third-order valence-corrected chi connectivity index (χ3v) is 3.96. The van der Waals surface area contributed by atoms with Crippen molar-refractivity contribution in [2.24, 2.45) is 0 Å². The van der Waals surface area contributed by atoms with Gasteiger partial charge >= 0.3 is 0 Å². The van der Waals surface area contributed by atoms with E-state index in [2.05, 4.69) is 10.6 Å². The highest BCUT2D eigenvalue weighted by atomic mass is 32.2. The molecule has 1 rings (SSSR count). The van der Waals surface area contributed by atoms with E-state index in [1.54, 1.807) is 19.0 Å². The van der Waals surface area contributed by atoms with E-state index in [-0.39, 0.29) is 29.2 Å². The normalized spacial score (nSPS) is 16.1. The summed E-state index contributed by atoms with van der Waals surface area (Å²) in [6, 6.07) is 0. The summed E-state index contributed by atoms with van der Waals surface area (Å²) in [5.74, 6) is 0.508. The van der Waals surface area contributed by atoms with Crippen LogP contribution in [0.1, 0.15) is 0 Å². The van der Waals surface area contributed by atoms with E-state index in [4.69, 9.17) is 0 Å². The summed E-state index contributed by atoms with van der Waals surface area (Å²) < 4.78 is 0. The van der Waals surface area contributed by atoms with Gasteiger partial charge in [-0.2, -0.15) is 0 Å². The molecule has 1 fully saturated rings. The number of rotatable bonds is 7. The van der Waals surface area contributed by atoms with Crippen LogP contribution in [0.3, 0.4) is 0 Å². The molecule has 0 aromatic rings. The molecule has 0 aliphatic carbocycles. The molecule has 0 aromatic heterocycles. The van der Waals surface area contributed by atoms with Gasteiger partial charge in [0.2, 0.25) is 17.7 Å². The Balaban J connectivity index is 2.07. The number of likely N-dealkylation sites (N-methyl/N-ethyl adjacent to an activating group) is 1. The van der Waals surface area contributed by atoms with Crippen molar-refractivity contribution in [2.45, 2.75) is 0 Å². The fourth-order valence-electron chi connectivity index (χ4n) is 1.71. The standard InChI is InChI=1S/C12H22N4O3S/c1-13-10(17)8-20-9-11(18)14-3-4-16-6-5-15(2)12(19)7-16/h3-9H2,1-2H3,(H,13,17)(H,14,18). The molecule has 0 aromatic carbocycles. The van der Waals surface area contributed by atoms with Crippen molar-refractivity contribution in [3.63, 3.8) is 0 Å². The molecule has 1 heterocycles. The Morgan fingerprint density at radius 3 is 2.60 bits per heavy atom. The predicted octanol–water partition coefficient (Wildman–Crippen LogP) is -1.64. The van der Waals surface area contributed by atoms with Crippen molar-refractivity contribution in [1.82, 2.24) is 20.4 Å². The highest BCUT2D eigenvalue weighted by Gasteiger charge is 2.20. The van der Waals surface area contributed by atoms with Crippen LogP contribution in [0.25, 0.3) is 0 Å². The quantitative estimate of drug-likeness (QED) is 0.589. The Bertz CT molecular complexity index is 365. The molecule has 3 amide bonds. The molecule has 0 bridgehead atoms. The molecule has 1 saturated heterocycles. The van der Waals surface area contributed by atoms with Gasteiger partial charge < -0.3 is 15.5 Å². The number of carbonyl (C=O) groups is 3. The van der Waals surface area contributed by atoms with Crippen LogP contribution in [0.5, 0.6) is 0 Å². The van der Waals surface area contributed by atoms with Crippen LogP contribution < -0.4 is 10.6 Å². The SMILES string of the molecule is CNC(=O)CSCC(=O)NCCN1CCN(C)C(=O)C1. The molecule has 8 heteroatoms. The third kappa shape index (κ3) is 6.25. The van der Waals surface area contributed by atoms with E-state index < -0.39 is 0 Å². The second-order valence-corrected chi connectivity index (χ2v) is 5.59. The lowest BCUT2D eigenvalue weighted by Gasteiger charge is -2.31. The molecule has 2 N–H and O–H groups in total. The Morgan fingerprint density at radius 2 is 1.95 bits per heavy atom. The van der Waals surface area contributed by atoms with E-state index in [0.717, 1.165) is 13.1 Å². The van der Waals surface area contributed by atoms with Crippen LogP contribution in [0.15, 0.2) is 0 Å². The van der Waals surface area contributed by atoms with E-state index in [1.165, 1.54) is 11.8 Å². The van der Waals surface area contributed by atoms with Crippen molar-refractivity contribution in [3.05, 3.63) is 0 Å². The summed E-state index contributed by atoms with van der Waals surface area (Å²) >= 11 is 1.28. The highest BCUT2D eigenvalue weighted by molar-refractivity contribution is 8.00. The van der Waals surface area contributed by atoms with Gasteiger partial charge in [0.05, 0.1) is 18.1 Å². The fraction of sp³-hybridized carbons (Fsp3) is 0.750. The van der Waals surface area contributed by atoms with Gasteiger partial charge in [-0.1, -0.05) is 0 Å². The summed E-state index contributed by atoms with van der Waals surface area (Å²) in [6.07, 6.45) is 0. The molecule has 0 unspecified atom stereocenters. The zero-order chi connectivity index (χ0) is 15.0. The van der Waals surface area contributed by atoms with Crippen LogP contribution in [0.2, 0.25) is 0 Å². The van der Waals surface area contributed by atoms with Gasteiger partial charge in [0, 0.05) is 40.3 Å². The van der Waals surface area contributed by atoms with E-state index in [0.29, 0.717) is 19.6 Å². The number of hydrogen-bond donors (Lipinski definition) is 2. The molecule has 1 aliphatic rings. The molecule has 0 saturated carbocycles. The summed E-state index contributed by atoms with van der Waals surface area (Å²) in [5.41, 5.74) is 0. The maximum absolute atomic E-state index is 11.5. The smallest absolute Gasteiger partial charge is 0.236 e. The topological polar surface area (TPSA) is 81.8 Å². The lowest BCUT2D eigenvalue weighted by molar-refractivity contribution is -0.134. The zero-order valence-electron chi connectivity index (χ0n) is 12.0. The van der Waals surface area contributed by atoms with Crippen molar-refractivity contribution in [2.75, 3.05) is 58.3 Å². The lowest BCUT2D eigenvalue weighted by Crippen LogP contribution is -2.50. The Labute approximate surface area is 123 Å². The third-order valence-electron chi connectivity index (χ3n) is 3.03. The lowest BCUT2D eigenvalue weighted by atomic mass is 10.3. The summed E-state index contributed by atoms with van der Waals surface area (Å²) in [5, 5.41) is 5.29. The van der Waals surface area contributed by atoms with Gasteiger partial charge in [0.1, 0.15) is 0 Å². The summed E-state index contributed by atoms with van der Waals surface area (Å²) in [6.45, 7) is 3.18. The van der Waals surface area contributed by atoms with Crippen LogP contribution in [0, 0.1) is 0 Å². The van der Waals surface area contributed by atoms with Crippen molar-refractivity contribution in [3.8, 4) is 0 Å². The van der Waals surface area contributed by atoms with Crippen LogP contribution in [-0.4, -0.2) is 85.8 Å². The molecular formula is C12H22N4O3S. The number of nitrogens with zero attached hydrogens (tertiary/aromatic N) is 2. The minimum absolute atomic E-state index is 0.0839. The predicted molar refractivity (Wildman–Crippen MR) is 78.5 cm³/mol. The Kier molecular flexibility index (Phi) is 7.38. The molecule has 7 nitrogen and oxygen atoms in total. The van der Waals surface area contributed by atoms with Crippen LogP contribution >= 0.6 is 11.8 Å². The first-order valence-corrected chi connectivity index (χ1v) is 7.69. The van der Waals surface area contributed by atoms with Gasteiger partial charge in [-0.05, 0) is 0 Å². The fourth-order valence-corrected chi connectivity index (χ4v) is 2.43. The maximum atomic E-state index is 11.5. The van der Waals surface area contributed by atoms with Crippen molar-refractivity contribution >= 4 is 29.5 Å². The van der Waals surface area contributed by atoms with E-state index in [9.17, 15) is 14.4 Å². The molecule has 0 atom stereocenters. The van der Waals surface area contributed by atoms with Crippen LogP contribution in [-0.2, 0) is 14.4 Å². The molecular weight excluding hydrogens is 280 g/mol. The molecule has 0 spiro atoms. The molecule has 1 aliphatic heterocycles. The second-order valence-electron chi connectivity index (χ2n) is 4.61. The first-order valence-electron chi connectivity index (χ1n) is 6.54. The number of nitrogens with one attached hydrogen (secondary N) is 2. The molecule has 0 radical (unpaired) electrons. The molecule has 114 valence electrons. The summed E-state index contributed by atoms with van der Waals surface area (Å²) in [7, 11) is 3.37. The van der Waals surface area contributed by atoms with Crippen LogP contribution in [0.4, 0.5) is 0 Å². The van der Waals surface area contributed by atoms with Gasteiger partial charge in [-0.3, -0.25) is 19.3 Å². The summed E-state index contributed by atoms with van der Waals surface area (Å²) in [4.78, 5) is 37.7. The number of hydrogen-bond acceptors (Lipinski definition) is 5. The maximum Gasteiger partial charge on any atom is 0.236 e. The zero-order valence-corrected chi connectivity index (χ0v) is 12.8.